The van der Waals surface area contributed by atoms with Crippen LogP contribution in [0.2, 0.25) is 0 Å². The molecular formula is C21H22N2O2. The molecule has 4 nitrogen and oxygen atoms in total. The predicted octanol–water partition coefficient (Wildman–Crippen LogP) is 3.69. The van der Waals surface area contributed by atoms with Crippen LogP contribution in [0.3, 0.4) is 0 Å². The summed E-state index contributed by atoms with van der Waals surface area (Å²) in [4.78, 5) is 27.9. The zero-order valence-electron chi connectivity index (χ0n) is 14.6. The smallest absolute Gasteiger partial charge is 0.242 e. The lowest BCUT2D eigenvalue weighted by Gasteiger charge is -2.27. The van der Waals surface area contributed by atoms with Crippen LogP contribution in [0.25, 0.3) is 0 Å². The van der Waals surface area contributed by atoms with Gasteiger partial charge >= 0.3 is 0 Å². The summed E-state index contributed by atoms with van der Waals surface area (Å²) >= 11 is 0. The van der Waals surface area contributed by atoms with Gasteiger partial charge in [0.05, 0.1) is 0 Å². The molecule has 2 aromatic carbocycles. The minimum Gasteiger partial charge on any atom is -0.325 e. The zero-order chi connectivity index (χ0) is 17.6. The molecular weight excluding hydrogens is 312 g/mol. The van der Waals surface area contributed by atoms with Crippen molar-refractivity contribution in [3.05, 3.63) is 59.7 Å². The fraction of sp³-hybridized carbons (Fsp3) is 0.333. The SMILES string of the molecule is Cc1ccc(NC(=O)C2(C(=O)N3c4ccccc4CC3C)CC2)cc1. The first kappa shape index (κ1) is 15.9. The van der Waals surface area contributed by atoms with E-state index in [0.29, 0.717) is 12.8 Å². The van der Waals surface area contributed by atoms with Crippen molar-refractivity contribution >= 4 is 23.2 Å². The zero-order valence-corrected chi connectivity index (χ0v) is 14.6. The van der Waals surface area contributed by atoms with Gasteiger partial charge in [-0.15, -0.1) is 0 Å². The molecule has 4 rings (SSSR count). The number of nitrogens with zero attached hydrogens (tertiary/aromatic N) is 1. The highest BCUT2D eigenvalue weighted by Crippen LogP contribution is 2.50. The van der Waals surface area contributed by atoms with E-state index in [2.05, 4.69) is 11.4 Å². The van der Waals surface area contributed by atoms with Crippen molar-refractivity contribution in [2.75, 3.05) is 10.2 Å². The van der Waals surface area contributed by atoms with E-state index >= 15 is 0 Å². The third-order valence-electron chi connectivity index (χ3n) is 5.33. The Bertz CT molecular complexity index is 837. The summed E-state index contributed by atoms with van der Waals surface area (Å²) in [5, 5.41) is 2.93. The molecule has 1 fully saturated rings. The lowest BCUT2D eigenvalue weighted by Crippen LogP contribution is -2.45. The van der Waals surface area contributed by atoms with E-state index in [1.165, 1.54) is 5.56 Å². The van der Waals surface area contributed by atoms with Crippen LogP contribution in [0.4, 0.5) is 11.4 Å². The lowest BCUT2D eigenvalue weighted by atomic mass is 10.0. The summed E-state index contributed by atoms with van der Waals surface area (Å²) in [5.41, 5.74) is 3.10. The summed E-state index contributed by atoms with van der Waals surface area (Å²) in [5.74, 6) is -0.243. The Morgan fingerprint density at radius 3 is 2.44 bits per heavy atom. The van der Waals surface area contributed by atoms with Crippen LogP contribution in [0.5, 0.6) is 0 Å². The van der Waals surface area contributed by atoms with E-state index in [1.54, 1.807) is 0 Å². The van der Waals surface area contributed by atoms with Crippen molar-refractivity contribution < 1.29 is 9.59 Å². The second-order valence-corrected chi connectivity index (χ2v) is 7.26. The molecule has 2 amide bonds. The minimum absolute atomic E-state index is 0.0606. The molecule has 0 aromatic heterocycles. The van der Waals surface area contributed by atoms with Crippen LogP contribution >= 0.6 is 0 Å². The fourth-order valence-corrected chi connectivity index (χ4v) is 3.66. The molecule has 128 valence electrons. The van der Waals surface area contributed by atoms with Crippen LogP contribution in [-0.2, 0) is 16.0 Å². The number of aryl methyl sites for hydroxylation is 1. The quantitative estimate of drug-likeness (QED) is 0.870. The highest BCUT2D eigenvalue weighted by Gasteiger charge is 2.59. The molecule has 1 heterocycles. The Hall–Kier alpha value is -2.62. The van der Waals surface area contributed by atoms with Crippen LogP contribution < -0.4 is 10.2 Å². The third-order valence-corrected chi connectivity index (χ3v) is 5.33. The van der Waals surface area contributed by atoms with Gasteiger partial charge in [-0.25, -0.2) is 0 Å². The number of hydrogen-bond donors (Lipinski definition) is 1. The van der Waals surface area contributed by atoms with E-state index < -0.39 is 5.41 Å². The standard InChI is InChI=1S/C21H22N2O2/c1-14-7-9-17(10-8-14)22-19(24)21(11-12-21)20(25)23-15(2)13-16-5-3-4-6-18(16)23/h3-10,15H,11-13H2,1-2H3,(H,22,24). The summed E-state index contributed by atoms with van der Waals surface area (Å²) in [7, 11) is 0. The molecule has 0 spiro atoms. The second kappa shape index (κ2) is 5.73. The maximum absolute atomic E-state index is 13.3. The maximum Gasteiger partial charge on any atom is 0.242 e. The highest BCUT2D eigenvalue weighted by atomic mass is 16.2. The molecule has 2 aromatic rings. The van der Waals surface area contributed by atoms with E-state index in [1.807, 2.05) is 61.2 Å². The molecule has 0 radical (unpaired) electrons. The van der Waals surface area contributed by atoms with Crippen LogP contribution in [0.15, 0.2) is 48.5 Å². The van der Waals surface area contributed by atoms with E-state index in [9.17, 15) is 9.59 Å². The Kier molecular flexibility index (Phi) is 3.64. The number of amides is 2. The van der Waals surface area contributed by atoms with Gasteiger partial charge in [-0.05, 0) is 56.9 Å². The third kappa shape index (κ3) is 2.62. The Morgan fingerprint density at radius 2 is 1.76 bits per heavy atom. The molecule has 1 N–H and O–H groups in total. The number of nitrogens with one attached hydrogen (secondary N) is 1. The normalized spacial score (nSPS) is 20.1. The first-order valence-corrected chi connectivity index (χ1v) is 8.81. The minimum atomic E-state index is -0.906. The summed E-state index contributed by atoms with van der Waals surface area (Å²) in [6.07, 6.45) is 2.08. The van der Waals surface area contributed by atoms with Crippen molar-refractivity contribution in [2.24, 2.45) is 5.41 Å². The predicted molar refractivity (Wildman–Crippen MR) is 98.6 cm³/mol. The van der Waals surface area contributed by atoms with Crippen LogP contribution in [0, 0.1) is 12.3 Å². The van der Waals surface area contributed by atoms with Crippen LogP contribution in [-0.4, -0.2) is 17.9 Å². The summed E-state index contributed by atoms with van der Waals surface area (Å²) < 4.78 is 0. The van der Waals surface area contributed by atoms with Gasteiger partial charge in [0.2, 0.25) is 11.8 Å². The van der Waals surface area contributed by atoms with Crippen molar-refractivity contribution in [1.29, 1.82) is 0 Å². The number of fused-ring (bicyclic) bond motifs is 1. The Labute approximate surface area is 147 Å². The molecule has 4 heteroatoms. The number of carbonyl (C=O) groups excluding carboxylic acids is 2. The number of carbonyl (C=O) groups is 2. The number of rotatable bonds is 3. The van der Waals surface area contributed by atoms with E-state index in [0.717, 1.165) is 23.4 Å². The average Bonchev–Trinajstić information content (AvgIpc) is 3.34. The molecule has 1 aliphatic heterocycles. The van der Waals surface area contributed by atoms with Crippen molar-refractivity contribution in [2.45, 2.75) is 39.2 Å². The van der Waals surface area contributed by atoms with Gasteiger partial charge in [0.25, 0.3) is 0 Å². The summed E-state index contributed by atoms with van der Waals surface area (Å²) in [6.45, 7) is 4.05. The number of anilines is 2. The van der Waals surface area contributed by atoms with Crippen LogP contribution in [0.1, 0.15) is 30.9 Å². The summed E-state index contributed by atoms with van der Waals surface area (Å²) in [6, 6.07) is 15.7. The molecule has 25 heavy (non-hydrogen) atoms. The molecule has 1 saturated carbocycles. The largest absolute Gasteiger partial charge is 0.325 e. The van der Waals surface area contributed by atoms with Gasteiger partial charge in [-0.3, -0.25) is 9.59 Å². The molecule has 1 aliphatic carbocycles. The van der Waals surface area contributed by atoms with Gasteiger partial charge in [0.1, 0.15) is 5.41 Å². The number of benzene rings is 2. The van der Waals surface area contributed by atoms with E-state index in [4.69, 9.17) is 0 Å². The Morgan fingerprint density at radius 1 is 1.08 bits per heavy atom. The maximum atomic E-state index is 13.3. The molecule has 1 atom stereocenters. The Balaban J connectivity index is 1.57. The molecule has 2 aliphatic rings. The van der Waals surface area contributed by atoms with Gasteiger partial charge in [0, 0.05) is 17.4 Å². The topological polar surface area (TPSA) is 49.4 Å². The molecule has 0 bridgehead atoms. The first-order valence-electron chi connectivity index (χ1n) is 8.81. The first-order chi connectivity index (χ1) is 12.0. The van der Waals surface area contributed by atoms with Gasteiger partial charge in [-0.1, -0.05) is 35.9 Å². The van der Waals surface area contributed by atoms with Crippen molar-refractivity contribution in [3.63, 3.8) is 0 Å². The van der Waals surface area contributed by atoms with Gasteiger partial charge in [0.15, 0.2) is 0 Å². The fourth-order valence-electron chi connectivity index (χ4n) is 3.66. The number of hydrogen-bond acceptors (Lipinski definition) is 2. The molecule has 1 unspecified atom stereocenters. The lowest BCUT2D eigenvalue weighted by molar-refractivity contribution is -0.132. The van der Waals surface area contributed by atoms with E-state index in [-0.39, 0.29) is 17.9 Å². The van der Waals surface area contributed by atoms with Crippen molar-refractivity contribution in [3.8, 4) is 0 Å². The van der Waals surface area contributed by atoms with Crippen molar-refractivity contribution in [1.82, 2.24) is 0 Å². The monoisotopic (exact) mass is 334 g/mol. The molecule has 0 saturated heterocycles. The van der Waals surface area contributed by atoms with Gasteiger partial charge in [-0.2, -0.15) is 0 Å². The average molecular weight is 334 g/mol. The number of para-hydroxylation sites is 1. The second-order valence-electron chi connectivity index (χ2n) is 7.26. The highest BCUT2D eigenvalue weighted by molar-refractivity contribution is 6.18. The van der Waals surface area contributed by atoms with Gasteiger partial charge < -0.3 is 10.2 Å².